The highest BCUT2D eigenvalue weighted by atomic mass is 35.5. The van der Waals surface area contributed by atoms with Crippen molar-refractivity contribution in [2.75, 3.05) is 20.2 Å². The van der Waals surface area contributed by atoms with Crippen LogP contribution in [0.4, 0.5) is 4.39 Å². The van der Waals surface area contributed by atoms with Crippen LogP contribution in [0.3, 0.4) is 0 Å². The van der Waals surface area contributed by atoms with Gasteiger partial charge >= 0.3 is 5.97 Å². The molecule has 0 bridgehead atoms. The molecule has 3 heterocycles. The van der Waals surface area contributed by atoms with Crippen LogP contribution < -0.4 is 9.47 Å². The van der Waals surface area contributed by atoms with Gasteiger partial charge in [0.25, 0.3) is 0 Å². The van der Waals surface area contributed by atoms with Gasteiger partial charge in [0, 0.05) is 52.5 Å². The van der Waals surface area contributed by atoms with Crippen molar-refractivity contribution >= 4 is 17.6 Å². The van der Waals surface area contributed by atoms with Crippen LogP contribution >= 0.6 is 11.6 Å². The number of carbonyl (C=O) groups is 1. The molecular formula is C27H29ClFN3O4. The number of carboxylic acids is 1. The maximum atomic E-state index is 14.0. The summed E-state index contributed by atoms with van der Waals surface area (Å²) in [5.41, 5.74) is 3.10. The van der Waals surface area contributed by atoms with Crippen molar-refractivity contribution < 1.29 is 23.8 Å². The number of likely N-dealkylation sites (tertiary alicyclic amines) is 1. The lowest BCUT2D eigenvalue weighted by Crippen LogP contribution is -2.33. The van der Waals surface area contributed by atoms with Crippen LogP contribution in [0.25, 0.3) is 0 Å². The summed E-state index contributed by atoms with van der Waals surface area (Å²) in [4.78, 5) is 22.3. The first-order valence-corrected chi connectivity index (χ1v) is 12.3. The number of hydrogen-bond donors (Lipinski definition) is 1. The summed E-state index contributed by atoms with van der Waals surface area (Å²) in [6, 6.07) is 14.1. The summed E-state index contributed by atoms with van der Waals surface area (Å²) in [6.07, 6.45) is 2.33. The lowest BCUT2D eigenvalue weighted by molar-refractivity contribution is -0.136. The van der Waals surface area contributed by atoms with Crippen molar-refractivity contribution in [3.63, 3.8) is 0 Å². The first kappa shape index (κ1) is 25.9. The predicted molar refractivity (Wildman–Crippen MR) is 134 cm³/mol. The average molecular weight is 514 g/mol. The van der Waals surface area contributed by atoms with Crippen molar-refractivity contribution in [3.8, 4) is 11.8 Å². The second-order valence-electron chi connectivity index (χ2n) is 8.84. The zero-order valence-electron chi connectivity index (χ0n) is 20.1. The summed E-state index contributed by atoms with van der Waals surface area (Å²) < 4.78 is 25.2. The molecule has 190 valence electrons. The Balaban J connectivity index is 1.31. The zero-order valence-corrected chi connectivity index (χ0v) is 20.9. The molecule has 0 atom stereocenters. The second-order valence-corrected chi connectivity index (χ2v) is 9.28. The molecule has 3 aromatic rings. The maximum Gasteiger partial charge on any atom is 0.303 e. The lowest BCUT2D eigenvalue weighted by atomic mass is 9.93. The second kappa shape index (κ2) is 12.1. The number of ether oxygens (including phenoxy) is 2. The number of nitrogens with zero attached hydrogens (tertiary/aromatic N) is 3. The zero-order chi connectivity index (χ0) is 25.5. The number of methoxy groups -OCH3 is 1. The molecule has 1 saturated heterocycles. The Bertz CT molecular complexity index is 1200. The van der Waals surface area contributed by atoms with E-state index in [0.29, 0.717) is 46.9 Å². The number of rotatable bonds is 10. The van der Waals surface area contributed by atoms with Gasteiger partial charge in [0.2, 0.25) is 11.8 Å². The SMILES string of the molecule is COc1nc(CCC(=O)O)ccc1CN1CCC(c2cccc(OCc3ccc(Cl)cc3F)n2)CC1. The van der Waals surface area contributed by atoms with Crippen molar-refractivity contribution in [2.24, 2.45) is 0 Å². The minimum absolute atomic E-state index is 0.0430. The highest BCUT2D eigenvalue weighted by Crippen LogP contribution is 2.30. The molecule has 9 heteroatoms. The fourth-order valence-corrected chi connectivity index (χ4v) is 4.49. The van der Waals surface area contributed by atoms with E-state index < -0.39 is 11.8 Å². The maximum absolute atomic E-state index is 14.0. The van der Waals surface area contributed by atoms with Crippen molar-refractivity contribution in [2.45, 2.75) is 44.8 Å². The summed E-state index contributed by atoms with van der Waals surface area (Å²) in [7, 11) is 1.58. The van der Waals surface area contributed by atoms with Crippen LogP contribution in [-0.4, -0.2) is 46.1 Å². The van der Waals surface area contributed by atoms with E-state index in [0.717, 1.165) is 37.2 Å². The molecular weight excluding hydrogens is 485 g/mol. The molecule has 2 aromatic heterocycles. The molecule has 36 heavy (non-hydrogen) atoms. The Kier molecular flexibility index (Phi) is 8.72. The minimum atomic E-state index is -0.843. The van der Waals surface area contributed by atoms with Gasteiger partial charge < -0.3 is 14.6 Å². The molecule has 7 nitrogen and oxygen atoms in total. The van der Waals surface area contributed by atoms with Crippen molar-refractivity contribution in [1.82, 2.24) is 14.9 Å². The Morgan fingerprint density at radius 2 is 1.92 bits per heavy atom. The number of aryl methyl sites for hydroxylation is 1. The number of carboxylic acid groups (broad SMARTS) is 1. The fraction of sp³-hybridized carbons (Fsp3) is 0.370. The van der Waals surface area contributed by atoms with Crippen LogP contribution in [0, 0.1) is 5.82 Å². The van der Waals surface area contributed by atoms with Gasteiger partial charge in [0.05, 0.1) is 13.5 Å². The molecule has 4 rings (SSSR count). The summed E-state index contributed by atoms with van der Waals surface area (Å²) in [6.45, 7) is 2.60. The van der Waals surface area contributed by atoms with Gasteiger partial charge in [-0.15, -0.1) is 0 Å². The van der Waals surface area contributed by atoms with E-state index in [2.05, 4.69) is 14.9 Å². The first-order chi connectivity index (χ1) is 17.4. The number of piperidine rings is 1. The smallest absolute Gasteiger partial charge is 0.303 e. The number of aliphatic carboxylic acids is 1. The summed E-state index contributed by atoms with van der Waals surface area (Å²) in [5.74, 6) is 0.0970. The molecule has 1 aliphatic rings. The monoisotopic (exact) mass is 513 g/mol. The van der Waals surface area contributed by atoms with Gasteiger partial charge in [-0.05, 0) is 50.2 Å². The van der Waals surface area contributed by atoms with Gasteiger partial charge in [0.1, 0.15) is 12.4 Å². The number of aromatic nitrogens is 2. The largest absolute Gasteiger partial charge is 0.481 e. The highest BCUT2D eigenvalue weighted by Gasteiger charge is 2.23. The van der Waals surface area contributed by atoms with E-state index >= 15 is 0 Å². The third kappa shape index (κ3) is 6.92. The van der Waals surface area contributed by atoms with E-state index in [1.54, 1.807) is 25.3 Å². The Labute approximate surface area is 214 Å². The standard InChI is InChI=1S/C27H29ClFN3O4/c1-35-27-19(6-8-22(30-27)9-10-26(33)34)16-32-13-11-18(12-14-32)24-3-2-4-25(31-24)36-17-20-5-7-21(28)15-23(20)29/h2-8,15,18H,9-14,16-17H2,1H3,(H,33,34). The molecule has 0 radical (unpaired) electrons. The van der Waals surface area contributed by atoms with E-state index in [-0.39, 0.29) is 13.0 Å². The van der Waals surface area contributed by atoms with Crippen LogP contribution in [0.2, 0.25) is 5.02 Å². The van der Waals surface area contributed by atoms with Crippen LogP contribution in [0.5, 0.6) is 11.8 Å². The summed E-state index contributed by atoms with van der Waals surface area (Å²) >= 11 is 5.82. The third-order valence-corrected chi connectivity index (χ3v) is 6.56. The molecule has 1 N–H and O–H groups in total. The molecule has 1 aliphatic heterocycles. The third-order valence-electron chi connectivity index (χ3n) is 6.32. The molecule has 0 aliphatic carbocycles. The van der Waals surface area contributed by atoms with Crippen LogP contribution in [-0.2, 0) is 24.4 Å². The fourth-order valence-electron chi connectivity index (χ4n) is 4.34. The molecule has 0 saturated carbocycles. The van der Waals surface area contributed by atoms with Gasteiger partial charge in [-0.1, -0.05) is 29.8 Å². The number of benzene rings is 1. The van der Waals surface area contributed by atoms with E-state index in [1.165, 1.54) is 6.07 Å². The summed E-state index contributed by atoms with van der Waals surface area (Å²) in [5, 5.41) is 9.24. The van der Waals surface area contributed by atoms with Crippen LogP contribution in [0.1, 0.15) is 47.7 Å². The molecule has 1 fully saturated rings. The Morgan fingerprint density at radius 3 is 2.64 bits per heavy atom. The molecule has 0 unspecified atom stereocenters. The molecule has 0 amide bonds. The predicted octanol–water partition coefficient (Wildman–Crippen LogP) is 5.25. The molecule has 0 spiro atoms. The van der Waals surface area contributed by atoms with E-state index in [4.69, 9.17) is 26.2 Å². The quantitative estimate of drug-likeness (QED) is 0.396. The lowest BCUT2D eigenvalue weighted by Gasteiger charge is -2.32. The minimum Gasteiger partial charge on any atom is -0.481 e. The Morgan fingerprint density at radius 1 is 1.14 bits per heavy atom. The topological polar surface area (TPSA) is 84.8 Å². The van der Waals surface area contributed by atoms with Crippen molar-refractivity contribution in [1.29, 1.82) is 0 Å². The number of halogens is 2. The van der Waals surface area contributed by atoms with Gasteiger partial charge in [0.15, 0.2) is 0 Å². The highest BCUT2D eigenvalue weighted by molar-refractivity contribution is 6.30. The van der Waals surface area contributed by atoms with Crippen molar-refractivity contribution in [3.05, 3.63) is 81.9 Å². The van der Waals surface area contributed by atoms with E-state index in [1.807, 2.05) is 24.3 Å². The average Bonchev–Trinajstić information content (AvgIpc) is 2.88. The van der Waals surface area contributed by atoms with E-state index in [9.17, 15) is 9.18 Å². The number of hydrogen-bond acceptors (Lipinski definition) is 6. The molecule has 1 aromatic carbocycles. The van der Waals surface area contributed by atoms with Gasteiger partial charge in [-0.3, -0.25) is 9.69 Å². The van der Waals surface area contributed by atoms with Crippen LogP contribution in [0.15, 0.2) is 48.5 Å². The normalized spacial score (nSPS) is 14.5. The Hall–Kier alpha value is -3.23. The van der Waals surface area contributed by atoms with Gasteiger partial charge in [-0.25, -0.2) is 14.4 Å². The number of pyridine rings is 2. The van der Waals surface area contributed by atoms with Gasteiger partial charge in [-0.2, -0.15) is 0 Å². The first-order valence-electron chi connectivity index (χ1n) is 11.9.